The Balaban J connectivity index is 1.20. The van der Waals surface area contributed by atoms with Gasteiger partial charge in [0.05, 0.1) is 23.3 Å². The quantitative estimate of drug-likeness (QED) is 0.168. The summed E-state index contributed by atoms with van der Waals surface area (Å²) >= 11 is 1.68. The van der Waals surface area contributed by atoms with E-state index in [-0.39, 0.29) is 0 Å². The van der Waals surface area contributed by atoms with Gasteiger partial charge in [0.1, 0.15) is 0 Å². The van der Waals surface area contributed by atoms with Gasteiger partial charge in [-0.2, -0.15) is 10.5 Å². The Labute approximate surface area is 308 Å². The number of benzene rings is 6. The van der Waals surface area contributed by atoms with Crippen molar-refractivity contribution in [3.05, 3.63) is 157 Å². The molecule has 8 nitrogen and oxygen atoms in total. The second-order valence-electron chi connectivity index (χ2n) is 12.2. The molecule has 0 unspecified atom stereocenters. The van der Waals surface area contributed by atoms with E-state index in [0.29, 0.717) is 51.6 Å². The SMILES string of the molecule is N#Cc1ccc(-c2nc(-c3cccc(C#N)c3)nc(-c3cccc4sc5cc(-c6nc(-c7ccccc7)nc(-c7ccccc7)n6)ccc5c34)n2)cc1. The van der Waals surface area contributed by atoms with E-state index in [1.165, 1.54) is 0 Å². The first-order valence-electron chi connectivity index (χ1n) is 16.7. The molecule has 0 aliphatic rings. The number of nitriles is 2. The van der Waals surface area contributed by atoms with Crippen LogP contribution < -0.4 is 0 Å². The topological polar surface area (TPSA) is 125 Å². The molecule has 0 radical (unpaired) electrons. The van der Waals surface area contributed by atoms with Gasteiger partial charge in [0.15, 0.2) is 34.9 Å². The Kier molecular flexibility index (Phi) is 7.94. The highest BCUT2D eigenvalue weighted by Gasteiger charge is 2.19. The zero-order valence-electron chi connectivity index (χ0n) is 27.8. The highest BCUT2D eigenvalue weighted by Crippen LogP contribution is 2.41. The molecule has 0 spiro atoms. The summed E-state index contributed by atoms with van der Waals surface area (Å²) in [6.45, 7) is 0. The molecule has 0 saturated carbocycles. The molecule has 0 fully saturated rings. The molecular weight excluding hydrogens is 673 g/mol. The van der Waals surface area contributed by atoms with Crippen LogP contribution in [0.1, 0.15) is 11.1 Å². The van der Waals surface area contributed by atoms with Crippen LogP contribution in [0.2, 0.25) is 0 Å². The van der Waals surface area contributed by atoms with E-state index in [9.17, 15) is 10.5 Å². The Morgan fingerprint density at radius 3 is 1.47 bits per heavy atom. The average molecular weight is 697 g/mol. The van der Waals surface area contributed by atoms with Crippen LogP contribution >= 0.6 is 11.3 Å². The second-order valence-corrected chi connectivity index (χ2v) is 13.3. The van der Waals surface area contributed by atoms with E-state index < -0.39 is 0 Å². The summed E-state index contributed by atoms with van der Waals surface area (Å²) in [5.41, 5.74) is 6.07. The van der Waals surface area contributed by atoms with Crippen molar-refractivity contribution in [3.63, 3.8) is 0 Å². The van der Waals surface area contributed by atoms with Crippen molar-refractivity contribution in [1.82, 2.24) is 29.9 Å². The van der Waals surface area contributed by atoms with E-state index in [4.69, 9.17) is 29.9 Å². The van der Waals surface area contributed by atoms with E-state index in [0.717, 1.165) is 48.0 Å². The van der Waals surface area contributed by atoms with Gasteiger partial charge < -0.3 is 0 Å². The smallest absolute Gasteiger partial charge is 0.164 e. The summed E-state index contributed by atoms with van der Waals surface area (Å²) in [6, 6.07) is 51.1. The monoisotopic (exact) mass is 696 g/mol. The molecule has 6 aromatic carbocycles. The summed E-state index contributed by atoms with van der Waals surface area (Å²) in [6.07, 6.45) is 0. The first-order chi connectivity index (χ1) is 26.1. The molecule has 3 aromatic heterocycles. The molecule has 0 aliphatic heterocycles. The molecule has 9 aromatic rings. The van der Waals surface area contributed by atoms with Gasteiger partial charge in [0.2, 0.25) is 0 Å². The number of rotatable bonds is 6. The fourth-order valence-electron chi connectivity index (χ4n) is 6.27. The summed E-state index contributed by atoms with van der Waals surface area (Å²) in [5, 5.41) is 21.1. The lowest BCUT2D eigenvalue weighted by atomic mass is 10.0. The third-order valence-electron chi connectivity index (χ3n) is 8.85. The van der Waals surface area contributed by atoms with Gasteiger partial charge in [-0.25, -0.2) is 29.9 Å². The van der Waals surface area contributed by atoms with Crippen molar-refractivity contribution in [2.24, 2.45) is 0 Å². The number of hydrogen-bond donors (Lipinski definition) is 0. The number of aromatic nitrogens is 6. The molecule has 0 aliphatic carbocycles. The van der Waals surface area contributed by atoms with Crippen LogP contribution in [-0.2, 0) is 0 Å². The van der Waals surface area contributed by atoms with E-state index in [1.807, 2.05) is 97.1 Å². The summed E-state index contributed by atoms with van der Waals surface area (Å²) in [5.74, 6) is 3.22. The molecule has 0 atom stereocenters. The molecule has 53 heavy (non-hydrogen) atoms. The van der Waals surface area contributed by atoms with E-state index >= 15 is 0 Å². The number of fused-ring (bicyclic) bond motifs is 3. The standard InChI is InChI=1S/C44H24N8S/c45-25-27-17-19-31(20-18-27)41-50-42(32-14-7-9-28(23-32)26-46)52-44(51-41)35-15-8-16-36-38(35)34-22-21-33(24-37(34)53-36)43-48-39(29-10-3-1-4-11-29)47-40(49-43)30-12-5-2-6-13-30/h1-24H. The van der Waals surface area contributed by atoms with Crippen molar-refractivity contribution in [2.75, 3.05) is 0 Å². The van der Waals surface area contributed by atoms with Crippen LogP contribution in [0.3, 0.4) is 0 Å². The van der Waals surface area contributed by atoms with Crippen LogP contribution in [0, 0.1) is 22.7 Å². The maximum absolute atomic E-state index is 9.60. The molecular formula is C44H24N8S. The van der Waals surface area contributed by atoms with Gasteiger partial charge in [0, 0.05) is 53.6 Å². The van der Waals surface area contributed by atoms with Gasteiger partial charge in [-0.3, -0.25) is 0 Å². The van der Waals surface area contributed by atoms with Crippen molar-refractivity contribution in [2.45, 2.75) is 0 Å². The fraction of sp³-hybridized carbons (Fsp3) is 0. The molecule has 9 rings (SSSR count). The lowest BCUT2D eigenvalue weighted by molar-refractivity contribution is 1.07. The zero-order chi connectivity index (χ0) is 35.7. The maximum Gasteiger partial charge on any atom is 0.164 e. The minimum absolute atomic E-state index is 0.448. The van der Waals surface area contributed by atoms with Crippen LogP contribution in [0.15, 0.2) is 146 Å². The van der Waals surface area contributed by atoms with Gasteiger partial charge in [-0.1, -0.05) is 97.1 Å². The van der Waals surface area contributed by atoms with Crippen LogP contribution in [-0.4, -0.2) is 29.9 Å². The molecule has 0 amide bonds. The predicted molar refractivity (Wildman–Crippen MR) is 208 cm³/mol. The lowest BCUT2D eigenvalue weighted by Gasteiger charge is -2.10. The van der Waals surface area contributed by atoms with Crippen LogP contribution in [0.4, 0.5) is 0 Å². The van der Waals surface area contributed by atoms with Gasteiger partial charge in [-0.05, 0) is 48.5 Å². The van der Waals surface area contributed by atoms with Crippen LogP contribution in [0.25, 0.3) is 88.5 Å². The van der Waals surface area contributed by atoms with Crippen molar-refractivity contribution in [1.29, 1.82) is 10.5 Å². The maximum atomic E-state index is 9.60. The van der Waals surface area contributed by atoms with Crippen LogP contribution in [0.5, 0.6) is 0 Å². The second kappa shape index (κ2) is 13.3. The van der Waals surface area contributed by atoms with Gasteiger partial charge in [0.25, 0.3) is 0 Å². The Morgan fingerprint density at radius 2 is 0.868 bits per heavy atom. The lowest BCUT2D eigenvalue weighted by Crippen LogP contribution is -2.00. The third-order valence-corrected chi connectivity index (χ3v) is 9.97. The average Bonchev–Trinajstić information content (AvgIpc) is 3.62. The first-order valence-corrected chi connectivity index (χ1v) is 17.6. The number of hydrogen-bond acceptors (Lipinski definition) is 9. The molecule has 246 valence electrons. The Bertz CT molecular complexity index is 2850. The highest BCUT2D eigenvalue weighted by atomic mass is 32.1. The molecule has 0 N–H and O–H groups in total. The number of thiophene rings is 1. The highest BCUT2D eigenvalue weighted by molar-refractivity contribution is 7.26. The molecule has 0 saturated heterocycles. The summed E-state index contributed by atoms with van der Waals surface area (Å²) < 4.78 is 2.14. The minimum atomic E-state index is 0.448. The Morgan fingerprint density at radius 1 is 0.377 bits per heavy atom. The fourth-order valence-corrected chi connectivity index (χ4v) is 7.44. The van der Waals surface area contributed by atoms with Gasteiger partial charge in [-0.15, -0.1) is 11.3 Å². The van der Waals surface area contributed by atoms with E-state index in [2.05, 4.69) is 36.4 Å². The minimum Gasteiger partial charge on any atom is -0.208 e. The Hall–Kier alpha value is -7.46. The summed E-state index contributed by atoms with van der Waals surface area (Å²) in [7, 11) is 0. The van der Waals surface area contributed by atoms with Crippen molar-refractivity contribution >= 4 is 31.5 Å². The molecule has 3 heterocycles. The van der Waals surface area contributed by atoms with E-state index in [1.54, 1.807) is 35.6 Å². The largest absolute Gasteiger partial charge is 0.208 e. The normalized spacial score (nSPS) is 11.0. The summed E-state index contributed by atoms with van der Waals surface area (Å²) in [4.78, 5) is 29.5. The third kappa shape index (κ3) is 6.04. The predicted octanol–water partition coefficient (Wildman–Crippen LogP) is 10.2. The molecule has 0 bridgehead atoms. The van der Waals surface area contributed by atoms with Crippen molar-refractivity contribution < 1.29 is 0 Å². The molecule has 9 heteroatoms. The van der Waals surface area contributed by atoms with Gasteiger partial charge >= 0.3 is 0 Å². The zero-order valence-corrected chi connectivity index (χ0v) is 28.7. The van der Waals surface area contributed by atoms with Crippen molar-refractivity contribution in [3.8, 4) is 80.5 Å². The number of nitrogens with zero attached hydrogens (tertiary/aromatic N) is 8. The first kappa shape index (κ1) is 31.5.